The summed E-state index contributed by atoms with van der Waals surface area (Å²) in [5.41, 5.74) is 2.57. The second-order valence-electron chi connectivity index (χ2n) is 8.69. The van der Waals surface area contributed by atoms with Crippen molar-refractivity contribution < 1.29 is 14.3 Å². The van der Waals surface area contributed by atoms with E-state index in [0.717, 1.165) is 16.7 Å². The summed E-state index contributed by atoms with van der Waals surface area (Å²) in [6.45, 7) is 5.32. The number of nitrogens with zero attached hydrogens (tertiary/aromatic N) is 1. The number of carbonyl (C=O) groups is 2. The van der Waals surface area contributed by atoms with E-state index in [2.05, 4.69) is 5.32 Å². The van der Waals surface area contributed by atoms with Crippen molar-refractivity contribution in [1.29, 1.82) is 0 Å². The molecule has 0 fully saturated rings. The van der Waals surface area contributed by atoms with Crippen molar-refractivity contribution >= 4 is 23.4 Å². The summed E-state index contributed by atoms with van der Waals surface area (Å²) in [6, 6.07) is 25.6. The summed E-state index contributed by atoms with van der Waals surface area (Å²) in [6.07, 6.45) is 1.01. The summed E-state index contributed by atoms with van der Waals surface area (Å²) in [5, 5.41) is 3.63. The number of nitrogens with one attached hydrogen (secondary N) is 1. The maximum atomic E-state index is 13.7. The van der Waals surface area contributed by atoms with E-state index in [1.165, 1.54) is 0 Å². The molecule has 0 saturated heterocycles. The van der Waals surface area contributed by atoms with Gasteiger partial charge in [0.15, 0.2) is 0 Å². The molecule has 0 unspecified atom stereocenters. The summed E-state index contributed by atoms with van der Waals surface area (Å²) in [4.78, 5) is 28.8. The minimum Gasteiger partial charge on any atom is -0.379 e. The standard InChI is InChI=1S/C29H33ClN2O3/c1-22(2)35-19-9-18-31-29(34)28(25-12-7-4-8-13-25)32(21-24-10-5-3-6-11-24)27(33)20-23-14-16-26(30)17-15-23/h3-8,10-17,22,28H,9,18-21H2,1-2H3,(H,31,34)/t28-/m0/s1. The number of benzene rings is 3. The lowest BCUT2D eigenvalue weighted by Gasteiger charge is -2.32. The lowest BCUT2D eigenvalue weighted by molar-refractivity contribution is -0.141. The molecule has 0 saturated carbocycles. The Morgan fingerprint density at radius 3 is 2.14 bits per heavy atom. The van der Waals surface area contributed by atoms with Crippen molar-refractivity contribution in [2.75, 3.05) is 13.2 Å². The molecule has 2 amide bonds. The van der Waals surface area contributed by atoms with Crippen LogP contribution in [-0.2, 0) is 27.3 Å². The number of amides is 2. The van der Waals surface area contributed by atoms with Crippen LogP contribution in [0.3, 0.4) is 0 Å². The molecule has 0 aliphatic rings. The molecular weight excluding hydrogens is 460 g/mol. The van der Waals surface area contributed by atoms with Gasteiger partial charge in [0.2, 0.25) is 11.8 Å². The fraction of sp³-hybridized carbons (Fsp3) is 0.310. The fourth-order valence-corrected chi connectivity index (χ4v) is 3.92. The number of ether oxygens (including phenoxy) is 1. The van der Waals surface area contributed by atoms with Gasteiger partial charge in [-0.3, -0.25) is 9.59 Å². The van der Waals surface area contributed by atoms with Crippen LogP contribution >= 0.6 is 11.6 Å². The van der Waals surface area contributed by atoms with E-state index in [1.807, 2.05) is 86.6 Å². The third-order valence-corrected chi connectivity index (χ3v) is 5.78. The van der Waals surface area contributed by atoms with Gasteiger partial charge in [-0.1, -0.05) is 84.4 Å². The van der Waals surface area contributed by atoms with Crippen molar-refractivity contribution in [3.05, 3.63) is 107 Å². The maximum absolute atomic E-state index is 13.7. The average Bonchev–Trinajstić information content (AvgIpc) is 2.86. The monoisotopic (exact) mass is 492 g/mol. The Kier molecular flexibility index (Phi) is 10.3. The smallest absolute Gasteiger partial charge is 0.247 e. The summed E-state index contributed by atoms with van der Waals surface area (Å²) >= 11 is 6.02. The molecule has 1 N–H and O–H groups in total. The zero-order valence-electron chi connectivity index (χ0n) is 20.3. The Morgan fingerprint density at radius 2 is 1.51 bits per heavy atom. The first-order valence-corrected chi connectivity index (χ1v) is 12.3. The Hall–Kier alpha value is -3.15. The number of hydrogen-bond acceptors (Lipinski definition) is 3. The molecule has 0 aliphatic carbocycles. The molecule has 0 heterocycles. The lowest BCUT2D eigenvalue weighted by atomic mass is 10.0. The molecule has 3 aromatic rings. The number of rotatable bonds is 12. The van der Waals surface area contributed by atoms with Crippen molar-refractivity contribution in [1.82, 2.24) is 10.2 Å². The summed E-state index contributed by atoms with van der Waals surface area (Å²) in [7, 11) is 0. The third kappa shape index (κ3) is 8.53. The second-order valence-corrected chi connectivity index (χ2v) is 9.12. The topological polar surface area (TPSA) is 58.6 Å². The van der Waals surface area contributed by atoms with Crippen LogP contribution in [0, 0.1) is 0 Å². The molecule has 5 nitrogen and oxygen atoms in total. The summed E-state index contributed by atoms with van der Waals surface area (Å²) in [5.74, 6) is -0.343. The van der Waals surface area contributed by atoms with Crippen LogP contribution in [0.4, 0.5) is 0 Å². The first-order valence-electron chi connectivity index (χ1n) is 12.0. The molecule has 0 spiro atoms. The van der Waals surface area contributed by atoms with E-state index >= 15 is 0 Å². The molecule has 0 bridgehead atoms. The lowest BCUT2D eigenvalue weighted by Crippen LogP contribution is -2.44. The molecule has 0 aromatic heterocycles. The SMILES string of the molecule is CC(C)OCCCNC(=O)[C@H](c1ccccc1)N(Cc1ccccc1)C(=O)Cc1ccc(Cl)cc1. The van der Waals surface area contributed by atoms with Gasteiger partial charge in [0.25, 0.3) is 0 Å². The van der Waals surface area contributed by atoms with Gasteiger partial charge in [0.05, 0.1) is 12.5 Å². The van der Waals surface area contributed by atoms with Crippen LogP contribution in [0.2, 0.25) is 5.02 Å². The van der Waals surface area contributed by atoms with Gasteiger partial charge in [0, 0.05) is 24.7 Å². The average molecular weight is 493 g/mol. The van der Waals surface area contributed by atoms with E-state index < -0.39 is 6.04 Å². The first-order chi connectivity index (χ1) is 16.9. The number of halogens is 1. The molecule has 184 valence electrons. The zero-order chi connectivity index (χ0) is 25.0. The van der Waals surface area contributed by atoms with Crippen molar-refractivity contribution in [2.45, 2.75) is 45.4 Å². The Morgan fingerprint density at radius 1 is 0.886 bits per heavy atom. The highest BCUT2D eigenvalue weighted by atomic mass is 35.5. The molecule has 35 heavy (non-hydrogen) atoms. The molecule has 1 atom stereocenters. The first kappa shape index (κ1) is 26.5. The van der Waals surface area contributed by atoms with Gasteiger partial charge < -0.3 is 15.0 Å². The van der Waals surface area contributed by atoms with Crippen molar-refractivity contribution in [3.63, 3.8) is 0 Å². The number of carbonyl (C=O) groups excluding carboxylic acids is 2. The van der Waals surface area contributed by atoms with Crippen LogP contribution in [0.1, 0.15) is 43.0 Å². The van der Waals surface area contributed by atoms with Gasteiger partial charge >= 0.3 is 0 Å². The quantitative estimate of drug-likeness (QED) is 0.335. The number of hydrogen-bond donors (Lipinski definition) is 1. The fourth-order valence-electron chi connectivity index (χ4n) is 3.79. The van der Waals surface area contributed by atoms with E-state index in [-0.39, 0.29) is 24.3 Å². The zero-order valence-corrected chi connectivity index (χ0v) is 21.1. The van der Waals surface area contributed by atoms with Gasteiger partial charge in [-0.25, -0.2) is 0 Å². The van der Waals surface area contributed by atoms with Gasteiger partial charge in [-0.15, -0.1) is 0 Å². The molecule has 0 aliphatic heterocycles. The normalized spacial score (nSPS) is 11.8. The third-order valence-electron chi connectivity index (χ3n) is 5.53. The van der Waals surface area contributed by atoms with E-state index in [0.29, 0.717) is 31.1 Å². The maximum Gasteiger partial charge on any atom is 0.247 e. The molecule has 6 heteroatoms. The summed E-state index contributed by atoms with van der Waals surface area (Å²) < 4.78 is 5.58. The van der Waals surface area contributed by atoms with Crippen LogP contribution in [-0.4, -0.2) is 36.0 Å². The minimum absolute atomic E-state index is 0.136. The van der Waals surface area contributed by atoms with E-state index in [4.69, 9.17) is 16.3 Å². The second kappa shape index (κ2) is 13.7. The van der Waals surface area contributed by atoms with Crippen LogP contribution in [0.25, 0.3) is 0 Å². The Bertz CT molecular complexity index is 1060. The van der Waals surface area contributed by atoms with Gasteiger partial charge in [-0.05, 0) is 49.1 Å². The molecule has 3 aromatic carbocycles. The highest BCUT2D eigenvalue weighted by Crippen LogP contribution is 2.25. The molecule has 3 rings (SSSR count). The van der Waals surface area contributed by atoms with Crippen LogP contribution in [0.15, 0.2) is 84.9 Å². The highest BCUT2D eigenvalue weighted by Gasteiger charge is 2.31. The van der Waals surface area contributed by atoms with E-state index in [1.54, 1.807) is 17.0 Å². The predicted octanol–water partition coefficient (Wildman–Crippen LogP) is 5.58. The van der Waals surface area contributed by atoms with Crippen LogP contribution in [0.5, 0.6) is 0 Å². The van der Waals surface area contributed by atoms with Gasteiger partial charge in [0.1, 0.15) is 6.04 Å². The molecule has 0 radical (unpaired) electrons. The van der Waals surface area contributed by atoms with Crippen molar-refractivity contribution in [3.8, 4) is 0 Å². The highest BCUT2D eigenvalue weighted by molar-refractivity contribution is 6.30. The van der Waals surface area contributed by atoms with E-state index in [9.17, 15) is 9.59 Å². The largest absolute Gasteiger partial charge is 0.379 e. The van der Waals surface area contributed by atoms with Gasteiger partial charge in [-0.2, -0.15) is 0 Å². The van der Waals surface area contributed by atoms with Crippen LogP contribution < -0.4 is 5.32 Å². The Balaban J connectivity index is 1.86. The molecular formula is C29H33ClN2O3. The minimum atomic E-state index is -0.762. The predicted molar refractivity (Wildman–Crippen MR) is 140 cm³/mol. The Labute approximate surface area is 213 Å². The van der Waals surface area contributed by atoms with Crippen molar-refractivity contribution in [2.24, 2.45) is 0 Å².